The van der Waals surface area contributed by atoms with E-state index in [0.717, 1.165) is 24.9 Å². The third kappa shape index (κ3) is 2.73. The molecule has 1 aromatic rings. The molecule has 1 amide bonds. The number of primary sulfonamides is 1. The lowest BCUT2D eigenvalue weighted by atomic mass is 9.82. The second-order valence-corrected chi connectivity index (χ2v) is 9.13. The lowest BCUT2D eigenvalue weighted by Crippen LogP contribution is -2.41. The summed E-state index contributed by atoms with van der Waals surface area (Å²) < 4.78 is 23.1. The SMILES string of the molecule is NS(=O)(=O)c1cc(C(=O)NN2C[C@@H]3[C@@H]4CC[C@@H](C4)[C@H]3C2)ccc1Cl. The van der Waals surface area contributed by atoms with Crippen LogP contribution in [0.5, 0.6) is 0 Å². The Balaban J connectivity index is 1.48. The van der Waals surface area contributed by atoms with Crippen LogP contribution in [0.2, 0.25) is 5.02 Å². The monoisotopic (exact) mass is 369 g/mol. The third-order valence-electron chi connectivity index (χ3n) is 5.90. The van der Waals surface area contributed by atoms with Crippen LogP contribution in [0.3, 0.4) is 0 Å². The minimum absolute atomic E-state index is 0.0151. The predicted molar refractivity (Wildman–Crippen MR) is 89.7 cm³/mol. The lowest BCUT2D eigenvalue weighted by molar-refractivity contribution is 0.0809. The molecule has 4 rings (SSSR count). The van der Waals surface area contributed by atoms with Gasteiger partial charge >= 0.3 is 0 Å². The van der Waals surface area contributed by atoms with E-state index in [-0.39, 0.29) is 21.4 Å². The van der Waals surface area contributed by atoms with Gasteiger partial charge in [0.1, 0.15) is 4.90 Å². The van der Waals surface area contributed by atoms with Crippen LogP contribution in [0.25, 0.3) is 0 Å². The van der Waals surface area contributed by atoms with E-state index in [2.05, 4.69) is 5.43 Å². The molecule has 1 aliphatic heterocycles. The van der Waals surface area contributed by atoms with E-state index in [1.165, 1.54) is 37.5 Å². The minimum atomic E-state index is -3.96. The van der Waals surface area contributed by atoms with Crippen molar-refractivity contribution in [1.82, 2.24) is 10.4 Å². The first-order valence-corrected chi connectivity index (χ1v) is 10.1. The normalized spacial score (nSPS) is 32.1. The van der Waals surface area contributed by atoms with Crippen LogP contribution in [0, 0.1) is 23.7 Å². The fourth-order valence-electron chi connectivity index (χ4n) is 4.84. The zero-order valence-electron chi connectivity index (χ0n) is 13.1. The van der Waals surface area contributed by atoms with Crippen LogP contribution < -0.4 is 10.6 Å². The number of carbonyl (C=O) groups is 1. The molecule has 3 fully saturated rings. The topological polar surface area (TPSA) is 92.5 Å². The fraction of sp³-hybridized carbons (Fsp3) is 0.562. The van der Waals surface area contributed by atoms with Gasteiger partial charge < -0.3 is 0 Å². The van der Waals surface area contributed by atoms with Crippen molar-refractivity contribution in [2.45, 2.75) is 24.2 Å². The molecule has 0 unspecified atom stereocenters. The molecule has 0 aromatic heterocycles. The summed E-state index contributed by atoms with van der Waals surface area (Å²) in [7, 11) is -3.96. The van der Waals surface area contributed by atoms with E-state index in [1.54, 1.807) is 0 Å². The summed E-state index contributed by atoms with van der Waals surface area (Å²) in [5.74, 6) is 2.67. The number of nitrogens with zero attached hydrogens (tertiary/aromatic N) is 1. The van der Waals surface area contributed by atoms with Crippen LogP contribution in [-0.2, 0) is 10.0 Å². The molecule has 2 aliphatic carbocycles. The Labute approximate surface area is 146 Å². The van der Waals surface area contributed by atoms with Crippen LogP contribution >= 0.6 is 11.6 Å². The Morgan fingerprint density at radius 2 is 1.83 bits per heavy atom. The second kappa shape index (κ2) is 5.69. The van der Waals surface area contributed by atoms with Crippen LogP contribution in [0.4, 0.5) is 0 Å². The molecule has 0 radical (unpaired) electrons. The molecule has 1 heterocycles. The molecule has 1 aromatic carbocycles. The van der Waals surface area contributed by atoms with Crippen molar-refractivity contribution in [2.24, 2.45) is 28.8 Å². The molecule has 3 N–H and O–H groups in total. The van der Waals surface area contributed by atoms with Crippen molar-refractivity contribution in [2.75, 3.05) is 13.1 Å². The van der Waals surface area contributed by atoms with Gasteiger partial charge in [-0.2, -0.15) is 0 Å². The first-order valence-electron chi connectivity index (χ1n) is 8.21. The number of hydrazine groups is 1. The number of hydrogen-bond acceptors (Lipinski definition) is 4. The maximum Gasteiger partial charge on any atom is 0.265 e. The van der Waals surface area contributed by atoms with Gasteiger partial charge in [0.25, 0.3) is 5.91 Å². The molecule has 4 atom stereocenters. The molecule has 2 saturated carbocycles. The highest BCUT2D eigenvalue weighted by Crippen LogP contribution is 2.54. The van der Waals surface area contributed by atoms with E-state index in [9.17, 15) is 13.2 Å². The van der Waals surface area contributed by atoms with E-state index < -0.39 is 10.0 Å². The van der Waals surface area contributed by atoms with Gasteiger partial charge in [-0.25, -0.2) is 18.6 Å². The number of rotatable bonds is 3. The molecule has 8 heteroatoms. The van der Waals surface area contributed by atoms with Crippen molar-refractivity contribution in [3.63, 3.8) is 0 Å². The van der Waals surface area contributed by atoms with Crippen molar-refractivity contribution in [3.8, 4) is 0 Å². The van der Waals surface area contributed by atoms with Gasteiger partial charge in [-0.05, 0) is 61.1 Å². The summed E-state index contributed by atoms with van der Waals surface area (Å²) in [4.78, 5) is 12.2. The van der Waals surface area contributed by atoms with Crippen molar-refractivity contribution < 1.29 is 13.2 Å². The number of nitrogens with two attached hydrogens (primary N) is 1. The van der Waals surface area contributed by atoms with Gasteiger partial charge in [0, 0.05) is 18.7 Å². The van der Waals surface area contributed by atoms with Gasteiger partial charge in [0.2, 0.25) is 10.0 Å². The highest BCUT2D eigenvalue weighted by atomic mass is 35.5. The summed E-state index contributed by atoms with van der Waals surface area (Å²) in [5.41, 5.74) is 3.15. The summed E-state index contributed by atoms with van der Waals surface area (Å²) >= 11 is 5.86. The molecular weight excluding hydrogens is 350 g/mol. The Hall–Kier alpha value is -1.15. The van der Waals surface area contributed by atoms with E-state index >= 15 is 0 Å². The van der Waals surface area contributed by atoms with Crippen LogP contribution in [0.15, 0.2) is 23.1 Å². The third-order valence-corrected chi connectivity index (χ3v) is 7.29. The van der Waals surface area contributed by atoms with Crippen molar-refractivity contribution in [3.05, 3.63) is 28.8 Å². The summed E-state index contributed by atoms with van der Waals surface area (Å²) in [6.07, 6.45) is 4.00. The van der Waals surface area contributed by atoms with Crippen molar-refractivity contribution in [1.29, 1.82) is 0 Å². The van der Waals surface area contributed by atoms with Gasteiger partial charge in [0.15, 0.2) is 0 Å². The fourth-order valence-corrected chi connectivity index (χ4v) is 5.92. The quantitative estimate of drug-likeness (QED) is 0.846. The second-order valence-electron chi connectivity index (χ2n) is 7.20. The summed E-state index contributed by atoms with van der Waals surface area (Å²) in [6, 6.07) is 4.12. The Morgan fingerprint density at radius 1 is 1.21 bits per heavy atom. The number of hydrogen-bond donors (Lipinski definition) is 2. The zero-order valence-corrected chi connectivity index (χ0v) is 14.7. The number of carbonyl (C=O) groups excluding carboxylic acids is 1. The molecule has 3 aliphatic rings. The number of halogens is 1. The standard InChI is InChI=1S/C16H20ClN3O3S/c17-14-4-3-11(6-15(14)24(18,22)23)16(21)19-20-7-12-9-1-2-10(5-9)13(12)8-20/h3-4,6,9-10,12-13H,1-2,5,7-8H2,(H,19,21)(H2,18,22,23)/t9-,10+,12-,13-/m1/s1. The highest BCUT2D eigenvalue weighted by Gasteiger charge is 2.51. The number of sulfonamides is 1. The number of amides is 1. The molecule has 130 valence electrons. The van der Waals surface area contributed by atoms with Gasteiger partial charge in [-0.15, -0.1) is 0 Å². The van der Waals surface area contributed by atoms with Crippen LogP contribution in [0.1, 0.15) is 29.6 Å². The Bertz CT molecular complexity index is 780. The van der Waals surface area contributed by atoms with Crippen LogP contribution in [-0.4, -0.2) is 32.4 Å². The van der Waals surface area contributed by atoms with Crippen molar-refractivity contribution >= 4 is 27.5 Å². The predicted octanol–water partition coefficient (Wildman–Crippen LogP) is 1.61. The average molecular weight is 370 g/mol. The first-order chi connectivity index (χ1) is 11.3. The highest BCUT2D eigenvalue weighted by molar-refractivity contribution is 7.89. The van der Waals surface area contributed by atoms with E-state index in [1.807, 2.05) is 5.01 Å². The zero-order chi connectivity index (χ0) is 17.1. The maximum atomic E-state index is 12.5. The molecule has 0 spiro atoms. The smallest absolute Gasteiger partial charge is 0.265 e. The molecule has 1 saturated heterocycles. The van der Waals surface area contributed by atoms with E-state index in [0.29, 0.717) is 11.8 Å². The largest absolute Gasteiger partial charge is 0.285 e. The average Bonchev–Trinajstić information content (AvgIpc) is 3.18. The van der Waals surface area contributed by atoms with Gasteiger partial charge in [-0.1, -0.05) is 11.6 Å². The molecule has 2 bridgehead atoms. The minimum Gasteiger partial charge on any atom is -0.285 e. The first kappa shape index (κ1) is 16.3. The summed E-state index contributed by atoms with van der Waals surface area (Å²) in [6.45, 7) is 1.76. The number of nitrogens with one attached hydrogen (secondary N) is 1. The number of fused-ring (bicyclic) bond motifs is 5. The molecule has 24 heavy (non-hydrogen) atoms. The lowest BCUT2D eigenvalue weighted by Gasteiger charge is -2.22. The molecule has 6 nitrogen and oxygen atoms in total. The summed E-state index contributed by atoms with van der Waals surface area (Å²) in [5, 5.41) is 7.13. The van der Waals surface area contributed by atoms with E-state index in [4.69, 9.17) is 16.7 Å². The Kier molecular flexibility index (Phi) is 3.87. The van der Waals surface area contributed by atoms with Gasteiger partial charge in [-0.3, -0.25) is 10.2 Å². The maximum absolute atomic E-state index is 12.5. The Morgan fingerprint density at radius 3 is 2.42 bits per heavy atom. The number of benzene rings is 1. The van der Waals surface area contributed by atoms with Gasteiger partial charge in [0.05, 0.1) is 5.02 Å². The molecular formula is C16H20ClN3O3S.